The van der Waals surface area contributed by atoms with Gasteiger partial charge < -0.3 is 15.7 Å². The highest BCUT2D eigenvalue weighted by Crippen LogP contribution is 2.15. The molecule has 0 aliphatic rings. The van der Waals surface area contributed by atoms with E-state index in [1.54, 1.807) is 0 Å². The molecule has 0 aliphatic heterocycles. The predicted molar refractivity (Wildman–Crippen MR) is 71.3 cm³/mol. The average molecular weight is 315 g/mol. The first kappa shape index (κ1) is 14.5. The second kappa shape index (κ2) is 7.71. The Hall–Kier alpha value is -1.56. The smallest absolute Gasteiger partial charge is 0.315 e. The summed E-state index contributed by atoms with van der Waals surface area (Å²) in [5, 5.41) is 13.7. The molecule has 0 atom stereocenters. The molecular weight excluding hydrogens is 300 g/mol. The van der Waals surface area contributed by atoms with Crippen LogP contribution >= 0.6 is 15.9 Å². The second-order valence-electron chi connectivity index (χ2n) is 3.70. The largest absolute Gasteiger partial charge is 0.481 e. The Bertz CT molecular complexity index is 424. The van der Waals surface area contributed by atoms with Crippen LogP contribution in [0.25, 0.3) is 0 Å². The molecule has 98 valence electrons. The first-order valence-electron chi connectivity index (χ1n) is 5.56. The summed E-state index contributed by atoms with van der Waals surface area (Å²) in [6.45, 7) is 0.778. The second-order valence-corrected chi connectivity index (χ2v) is 4.55. The Morgan fingerprint density at radius 3 is 2.61 bits per heavy atom. The SMILES string of the molecule is O=C(O)CCCNC(=O)NCc1ccccc1Br. The monoisotopic (exact) mass is 314 g/mol. The number of aliphatic carboxylic acids is 1. The fourth-order valence-corrected chi connectivity index (χ4v) is 1.75. The molecule has 0 heterocycles. The molecule has 0 saturated heterocycles. The summed E-state index contributed by atoms with van der Waals surface area (Å²) >= 11 is 3.39. The van der Waals surface area contributed by atoms with Gasteiger partial charge in [0, 0.05) is 24.0 Å². The maximum Gasteiger partial charge on any atom is 0.315 e. The molecule has 0 aromatic heterocycles. The van der Waals surface area contributed by atoms with E-state index in [0.29, 0.717) is 19.5 Å². The van der Waals surface area contributed by atoms with Gasteiger partial charge in [0.15, 0.2) is 0 Å². The third-order valence-corrected chi connectivity index (χ3v) is 3.02. The van der Waals surface area contributed by atoms with Crippen LogP contribution in [0.15, 0.2) is 28.7 Å². The fourth-order valence-electron chi connectivity index (χ4n) is 1.32. The normalized spacial score (nSPS) is 9.83. The van der Waals surface area contributed by atoms with Crippen molar-refractivity contribution in [3.63, 3.8) is 0 Å². The van der Waals surface area contributed by atoms with E-state index < -0.39 is 5.97 Å². The van der Waals surface area contributed by atoms with Gasteiger partial charge in [-0.2, -0.15) is 0 Å². The first-order valence-corrected chi connectivity index (χ1v) is 6.36. The number of urea groups is 1. The Morgan fingerprint density at radius 1 is 1.22 bits per heavy atom. The number of carboxylic acid groups (broad SMARTS) is 1. The van der Waals surface area contributed by atoms with E-state index in [1.165, 1.54) is 0 Å². The van der Waals surface area contributed by atoms with Gasteiger partial charge >= 0.3 is 12.0 Å². The molecule has 18 heavy (non-hydrogen) atoms. The topological polar surface area (TPSA) is 78.4 Å². The molecule has 0 unspecified atom stereocenters. The fraction of sp³-hybridized carbons (Fsp3) is 0.333. The molecule has 2 amide bonds. The van der Waals surface area contributed by atoms with Crippen molar-refractivity contribution >= 4 is 27.9 Å². The number of nitrogens with one attached hydrogen (secondary N) is 2. The lowest BCUT2D eigenvalue weighted by atomic mass is 10.2. The van der Waals surface area contributed by atoms with Gasteiger partial charge in [-0.1, -0.05) is 34.1 Å². The maximum absolute atomic E-state index is 11.4. The number of rotatable bonds is 6. The average Bonchev–Trinajstić information content (AvgIpc) is 2.33. The zero-order valence-corrected chi connectivity index (χ0v) is 11.4. The van der Waals surface area contributed by atoms with E-state index in [-0.39, 0.29) is 12.5 Å². The molecule has 1 aromatic rings. The molecule has 3 N–H and O–H groups in total. The van der Waals surface area contributed by atoms with Crippen molar-refractivity contribution in [2.45, 2.75) is 19.4 Å². The van der Waals surface area contributed by atoms with Crippen molar-refractivity contribution in [3.05, 3.63) is 34.3 Å². The van der Waals surface area contributed by atoms with E-state index in [0.717, 1.165) is 10.0 Å². The van der Waals surface area contributed by atoms with Crippen LogP contribution in [0.1, 0.15) is 18.4 Å². The van der Waals surface area contributed by atoms with Gasteiger partial charge in [0.2, 0.25) is 0 Å². The molecule has 1 aromatic carbocycles. The lowest BCUT2D eigenvalue weighted by Gasteiger charge is -2.08. The van der Waals surface area contributed by atoms with Crippen molar-refractivity contribution in [1.29, 1.82) is 0 Å². The lowest BCUT2D eigenvalue weighted by molar-refractivity contribution is -0.137. The number of benzene rings is 1. The van der Waals surface area contributed by atoms with Crippen LogP contribution in [0.4, 0.5) is 4.79 Å². The number of carbonyl (C=O) groups excluding carboxylic acids is 1. The molecular formula is C12H15BrN2O3. The van der Waals surface area contributed by atoms with Crippen LogP contribution in [0.5, 0.6) is 0 Å². The summed E-state index contributed by atoms with van der Waals surface area (Å²) in [5.74, 6) is -0.856. The zero-order chi connectivity index (χ0) is 13.4. The Labute approximate surface area is 114 Å². The number of hydrogen-bond donors (Lipinski definition) is 3. The molecule has 0 saturated carbocycles. The van der Waals surface area contributed by atoms with Gasteiger partial charge in [-0.05, 0) is 18.1 Å². The highest BCUT2D eigenvalue weighted by atomic mass is 79.9. The summed E-state index contributed by atoms with van der Waals surface area (Å²) in [5.41, 5.74) is 0.984. The van der Waals surface area contributed by atoms with Gasteiger partial charge in [0.25, 0.3) is 0 Å². The van der Waals surface area contributed by atoms with E-state index in [4.69, 9.17) is 5.11 Å². The van der Waals surface area contributed by atoms with Crippen molar-refractivity contribution in [2.24, 2.45) is 0 Å². The summed E-state index contributed by atoms with van der Waals surface area (Å²) in [6.07, 6.45) is 0.488. The van der Waals surface area contributed by atoms with E-state index in [9.17, 15) is 9.59 Å². The molecule has 0 aliphatic carbocycles. The van der Waals surface area contributed by atoms with E-state index >= 15 is 0 Å². The Morgan fingerprint density at radius 2 is 1.94 bits per heavy atom. The zero-order valence-electron chi connectivity index (χ0n) is 9.78. The van der Waals surface area contributed by atoms with Gasteiger partial charge in [-0.3, -0.25) is 4.79 Å². The van der Waals surface area contributed by atoms with Crippen LogP contribution < -0.4 is 10.6 Å². The van der Waals surface area contributed by atoms with Crippen LogP contribution in [-0.4, -0.2) is 23.7 Å². The third-order valence-electron chi connectivity index (χ3n) is 2.25. The number of halogens is 1. The molecule has 5 nitrogen and oxygen atoms in total. The quantitative estimate of drug-likeness (QED) is 0.704. The van der Waals surface area contributed by atoms with Crippen LogP contribution in [0.2, 0.25) is 0 Å². The number of amides is 2. The maximum atomic E-state index is 11.4. The summed E-state index contributed by atoms with van der Waals surface area (Å²) in [7, 11) is 0. The molecule has 1 rings (SSSR count). The minimum atomic E-state index is -0.856. The van der Waals surface area contributed by atoms with Gasteiger partial charge in [-0.25, -0.2) is 4.79 Å². The lowest BCUT2D eigenvalue weighted by Crippen LogP contribution is -2.35. The van der Waals surface area contributed by atoms with Crippen LogP contribution in [-0.2, 0) is 11.3 Å². The van der Waals surface area contributed by atoms with Crippen molar-refractivity contribution in [3.8, 4) is 0 Å². The molecule has 0 spiro atoms. The minimum Gasteiger partial charge on any atom is -0.481 e. The molecule has 0 bridgehead atoms. The van der Waals surface area contributed by atoms with Gasteiger partial charge in [-0.15, -0.1) is 0 Å². The summed E-state index contributed by atoms with van der Waals surface area (Å²) in [4.78, 5) is 21.6. The first-order chi connectivity index (χ1) is 8.59. The van der Waals surface area contributed by atoms with Crippen molar-refractivity contribution in [2.75, 3.05) is 6.54 Å². The van der Waals surface area contributed by atoms with Gasteiger partial charge in [0.1, 0.15) is 0 Å². The highest BCUT2D eigenvalue weighted by Gasteiger charge is 2.03. The standard InChI is InChI=1S/C12H15BrN2O3/c13-10-5-2-1-4-9(10)8-15-12(18)14-7-3-6-11(16)17/h1-2,4-5H,3,6-8H2,(H,16,17)(H2,14,15,18). The summed E-state index contributed by atoms with van der Waals surface area (Å²) < 4.78 is 0.941. The third kappa shape index (κ3) is 5.67. The number of carbonyl (C=O) groups is 2. The molecule has 6 heteroatoms. The highest BCUT2D eigenvalue weighted by molar-refractivity contribution is 9.10. The van der Waals surface area contributed by atoms with Crippen LogP contribution in [0, 0.1) is 0 Å². The predicted octanol–water partition coefficient (Wildman–Crippen LogP) is 2.11. The summed E-state index contributed by atoms with van der Waals surface area (Å²) in [6, 6.07) is 7.32. The van der Waals surface area contributed by atoms with Crippen LogP contribution in [0.3, 0.4) is 0 Å². The van der Waals surface area contributed by atoms with Crippen molar-refractivity contribution in [1.82, 2.24) is 10.6 Å². The van der Waals surface area contributed by atoms with E-state index in [1.807, 2.05) is 24.3 Å². The van der Waals surface area contributed by atoms with Gasteiger partial charge in [0.05, 0.1) is 0 Å². The molecule has 0 radical (unpaired) electrons. The van der Waals surface area contributed by atoms with Crippen molar-refractivity contribution < 1.29 is 14.7 Å². The Kier molecular flexibility index (Phi) is 6.21. The van der Waals surface area contributed by atoms with E-state index in [2.05, 4.69) is 26.6 Å². The minimum absolute atomic E-state index is 0.0600. The number of carboxylic acids is 1. The molecule has 0 fully saturated rings. The number of hydrogen-bond acceptors (Lipinski definition) is 2. The Balaban J connectivity index is 2.21.